The number of benzene rings is 2. The van der Waals surface area contributed by atoms with Crippen LogP contribution in [0.4, 0.5) is 0 Å². The summed E-state index contributed by atoms with van der Waals surface area (Å²) >= 11 is 12.4. The van der Waals surface area contributed by atoms with Gasteiger partial charge in [0, 0.05) is 54.5 Å². The minimum Gasteiger partial charge on any atom is -0.550 e. The second-order valence-electron chi connectivity index (χ2n) is 29.6. The van der Waals surface area contributed by atoms with Crippen LogP contribution < -0.4 is 15.7 Å². The van der Waals surface area contributed by atoms with Gasteiger partial charge in [0.1, 0.15) is 37.5 Å². The molecule has 20 nitrogen and oxygen atoms in total. The number of aliphatic carboxylic acids is 2. The van der Waals surface area contributed by atoms with Crippen LogP contribution in [0.2, 0.25) is 10.0 Å². The molecule has 0 aliphatic heterocycles. The number of carbonyl (C=O) groups excluding carboxylic acids is 9. The van der Waals surface area contributed by atoms with E-state index in [0.717, 1.165) is 127 Å². The van der Waals surface area contributed by atoms with E-state index in [1.807, 2.05) is 62.6 Å². The summed E-state index contributed by atoms with van der Waals surface area (Å²) in [6.45, 7) is 7.90. The molecule has 2 saturated carbocycles. The zero-order chi connectivity index (χ0) is 81.1. The van der Waals surface area contributed by atoms with E-state index in [2.05, 4.69) is 38.3 Å². The largest absolute Gasteiger partial charge is 0.550 e. The van der Waals surface area contributed by atoms with E-state index >= 15 is 0 Å². The zero-order valence-electron chi connectivity index (χ0n) is 68.5. The Labute approximate surface area is 671 Å². The summed E-state index contributed by atoms with van der Waals surface area (Å²) in [5.41, 5.74) is 0.723. The molecule has 3 N–H and O–H groups in total. The molecule has 0 bridgehead atoms. The first-order valence-corrected chi connectivity index (χ1v) is 43.3. The van der Waals surface area contributed by atoms with Crippen molar-refractivity contribution in [1.82, 2.24) is 10.6 Å². The van der Waals surface area contributed by atoms with Crippen molar-refractivity contribution in [2.24, 2.45) is 0 Å². The Morgan fingerprint density at radius 3 is 0.864 bits per heavy atom. The van der Waals surface area contributed by atoms with Gasteiger partial charge in [0.05, 0.1) is 19.3 Å². The molecular formula is C88H143Cl2N2O18-. The molecule has 110 heavy (non-hydrogen) atoms. The Kier molecular flexibility index (Phi) is 62.7. The summed E-state index contributed by atoms with van der Waals surface area (Å²) in [5, 5.41) is 27.1. The molecule has 0 saturated heterocycles. The third-order valence-corrected chi connectivity index (χ3v) is 20.9. The molecule has 0 radical (unpaired) electrons. The van der Waals surface area contributed by atoms with Gasteiger partial charge >= 0.3 is 41.8 Å². The molecule has 2 aromatic rings. The highest BCUT2D eigenvalue weighted by Crippen LogP contribution is 2.39. The van der Waals surface area contributed by atoms with Crippen LogP contribution in [0.3, 0.4) is 0 Å². The first kappa shape index (κ1) is 102. The van der Waals surface area contributed by atoms with Gasteiger partial charge in [-0.2, -0.15) is 0 Å². The van der Waals surface area contributed by atoms with Crippen LogP contribution >= 0.6 is 23.2 Å². The van der Waals surface area contributed by atoms with Crippen LogP contribution in [-0.2, 0) is 87.4 Å². The fourth-order valence-electron chi connectivity index (χ4n) is 13.5. The number of carboxylic acid groups (broad SMARTS) is 2. The van der Waals surface area contributed by atoms with Crippen molar-refractivity contribution in [2.75, 3.05) is 40.5 Å². The second-order valence-corrected chi connectivity index (χ2v) is 30.4. The average molecular weight is 1590 g/mol. The lowest BCUT2D eigenvalue weighted by molar-refractivity contribution is -0.305. The highest BCUT2D eigenvalue weighted by Gasteiger charge is 2.42. The number of ketones is 2. The lowest BCUT2D eigenvalue weighted by atomic mass is 9.75. The number of rotatable bonds is 60. The van der Waals surface area contributed by atoms with Gasteiger partial charge in [-0.25, -0.2) is 0 Å². The molecule has 2 fully saturated rings. The third kappa shape index (κ3) is 50.2. The number of hydrogen-bond acceptors (Lipinski definition) is 19. The number of carboxylic acids is 2. The number of nitrogens with one attached hydrogen (secondary N) is 2. The number of carbonyl (C=O) groups is 10. The maximum atomic E-state index is 12.2. The number of Topliss-reactive ketones (excluding diaryl/α,β-unsaturated/α-hetero) is 2. The molecule has 0 amide bonds. The molecule has 0 unspecified atom stereocenters. The maximum absolute atomic E-state index is 12.2. The highest BCUT2D eigenvalue weighted by molar-refractivity contribution is 6.32. The van der Waals surface area contributed by atoms with Crippen LogP contribution in [0.1, 0.15) is 373 Å². The summed E-state index contributed by atoms with van der Waals surface area (Å²) in [7, 11) is 3.68. The summed E-state index contributed by atoms with van der Waals surface area (Å²) < 4.78 is 31.5. The summed E-state index contributed by atoms with van der Waals surface area (Å²) in [5.74, 6) is -5.00. The lowest BCUT2D eigenvalue weighted by Gasteiger charge is -2.36. The SMILES string of the molecule is CCCCCCCCCCCC(=O)OCC(COC(=O)CCCCCCCCCCC)OC(=O)CCC(=O)O.CCCCCCCCCCCC(=O)OCC(COC(=O)CCCCCCCCCCC)OC(=O)CCC(=O)[O-].CN[C@]1(c2ccccc2Cl)CCCCC1=O.CN[C@]1(c2ccccc2Cl)CCCCC1=O. The van der Waals surface area contributed by atoms with E-state index in [4.69, 9.17) is 56.7 Å². The molecule has 2 aliphatic carbocycles. The zero-order valence-corrected chi connectivity index (χ0v) is 70.0. The summed E-state index contributed by atoms with van der Waals surface area (Å²) in [6, 6.07) is 15.2. The molecule has 0 spiro atoms. The van der Waals surface area contributed by atoms with E-state index in [9.17, 15) is 53.1 Å². The maximum Gasteiger partial charge on any atom is 0.306 e. The van der Waals surface area contributed by atoms with Crippen LogP contribution in [0.15, 0.2) is 48.5 Å². The molecule has 0 heterocycles. The van der Waals surface area contributed by atoms with Crippen molar-refractivity contribution >= 4 is 82.5 Å². The molecule has 2 aromatic carbocycles. The standard InChI is InChI=1S/2C31H56O8.2C13H16ClNO/c2*1-3-5-7-9-11-13-15-17-19-21-29(34)37-25-27(39-31(36)24-23-28(32)33)26-38-30(35)22-20-18-16-14-12-10-8-6-4-2;2*1-15-13(9-5-4-8-12(13)16)10-6-2-3-7-11(10)14/h2*27H,3-26H2,1-2H3,(H,32,33);2*2-3,6-7,15H,4-5,8-9H2,1H3/p-1/t;;2*13-/m..00/s1. The third-order valence-electron chi connectivity index (χ3n) is 20.2. The fraction of sp³-hybridized carbons (Fsp3) is 0.750. The highest BCUT2D eigenvalue weighted by atomic mass is 35.5. The van der Waals surface area contributed by atoms with E-state index < -0.39 is 65.5 Å². The molecule has 4 rings (SSSR count). The fourth-order valence-corrected chi connectivity index (χ4v) is 14.1. The van der Waals surface area contributed by atoms with Crippen molar-refractivity contribution in [3.63, 3.8) is 0 Å². The lowest BCUT2D eigenvalue weighted by Crippen LogP contribution is -2.49. The predicted octanol–water partition coefficient (Wildman–Crippen LogP) is 19.8. The topological polar surface area (TPSA) is 293 Å². The number of hydrogen-bond donors (Lipinski definition) is 3. The number of halogens is 2. The van der Waals surface area contributed by atoms with Crippen LogP contribution in [0.25, 0.3) is 0 Å². The van der Waals surface area contributed by atoms with Gasteiger partial charge in [-0.1, -0.05) is 306 Å². The van der Waals surface area contributed by atoms with E-state index in [-0.39, 0.29) is 94.9 Å². The Balaban J connectivity index is 0.000000788. The minimum absolute atomic E-state index is 0.222. The smallest absolute Gasteiger partial charge is 0.306 e. The van der Waals surface area contributed by atoms with Gasteiger partial charge in [-0.3, -0.25) is 43.2 Å². The van der Waals surface area contributed by atoms with E-state index in [0.29, 0.717) is 22.9 Å². The normalized spacial score (nSPS) is 15.3. The Hall–Kier alpha value is -5.96. The van der Waals surface area contributed by atoms with Crippen LogP contribution in [0.5, 0.6) is 0 Å². The van der Waals surface area contributed by atoms with Crippen molar-refractivity contribution in [1.29, 1.82) is 0 Å². The van der Waals surface area contributed by atoms with Gasteiger partial charge in [0.25, 0.3) is 0 Å². The molecule has 22 heteroatoms. The average Bonchev–Trinajstić information content (AvgIpc) is 0.785. The number of likely N-dealkylation sites (N-methyl/N-ethyl adjacent to an activating group) is 2. The number of esters is 6. The van der Waals surface area contributed by atoms with E-state index in [1.54, 1.807) is 0 Å². The molecule has 628 valence electrons. The Morgan fingerprint density at radius 1 is 0.373 bits per heavy atom. The van der Waals surface area contributed by atoms with Crippen molar-refractivity contribution < 1.29 is 86.6 Å². The van der Waals surface area contributed by atoms with Crippen LogP contribution in [-0.4, -0.2) is 117 Å². The quantitative estimate of drug-likeness (QED) is 0.0315. The molecule has 2 aliphatic rings. The number of ether oxygens (including phenoxy) is 6. The van der Waals surface area contributed by atoms with Gasteiger partial charge in [0.2, 0.25) is 0 Å². The second kappa shape index (κ2) is 67.5. The van der Waals surface area contributed by atoms with Gasteiger partial charge in [0.15, 0.2) is 23.8 Å². The van der Waals surface area contributed by atoms with Crippen molar-refractivity contribution in [3.8, 4) is 0 Å². The van der Waals surface area contributed by atoms with Gasteiger partial charge in [-0.05, 0) is 95.1 Å². The van der Waals surface area contributed by atoms with Crippen molar-refractivity contribution in [3.05, 3.63) is 69.7 Å². The van der Waals surface area contributed by atoms with Crippen molar-refractivity contribution in [2.45, 2.75) is 385 Å². The Bertz CT molecular complexity index is 2560. The van der Waals surface area contributed by atoms with Gasteiger partial charge < -0.3 is 54.1 Å². The molecule has 0 aromatic heterocycles. The van der Waals surface area contributed by atoms with Gasteiger partial charge in [-0.15, -0.1) is 0 Å². The van der Waals surface area contributed by atoms with E-state index in [1.165, 1.54) is 154 Å². The predicted molar refractivity (Wildman–Crippen MR) is 433 cm³/mol. The molecular weight excluding hydrogens is 1440 g/mol. The molecule has 2 atom stereocenters. The minimum atomic E-state index is -1.36. The Morgan fingerprint density at radius 2 is 0.627 bits per heavy atom. The summed E-state index contributed by atoms with van der Waals surface area (Å²) in [4.78, 5) is 118. The van der Waals surface area contributed by atoms with Crippen LogP contribution in [0, 0.1) is 0 Å². The first-order chi connectivity index (χ1) is 53.2. The monoisotopic (exact) mass is 1590 g/mol. The number of unbranched alkanes of at least 4 members (excludes halogenated alkanes) is 32. The first-order valence-electron chi connectivity index (χ1n) is 42.6. The summed E-state index contributed by atoms with van der Waals surface area (Å²) in [6.07, 6.45) is 46.0.